The number of aromatic nitrogens is 1. The molecule has 2 rings (SSSR count). The molecular formula is C22H32N2OS. The van der Waals surface area contributed by atoms with Gasteiger partial charge < -0.3 is 4.90 Å². The molecule has 0 fully saturated rings. The Morgan fingerprint density at radius 1 is 1.08 bits per heavy atom. The van der Waals surface area contributed by atoms with Gasteiger partial charge in [-0.2, -0.15) is 0 Å². The second kappa shape index (κ2) is 10.6. The quantitative estimate of drug-likeness (QED) is 0.383. The van der Waals surface area contributed by atoms with Crippen molar-refractivity contribution in [2.24, 2.45) is 0 Å². The molecule has 0 amide bonds. The lowest BCUT2D eigenvalue weighted by atomic mass is 9.99. The summed E-state index contributed by atoms with van der Waals surface area (Å²) >= 11 is 1.50. The zero-order chi connectivity index (χ0) is 18.9. The fourth-order valence-corrected chi connectivity index (χ4v) is 3.71. The zero-order valence-electron chi connectivity index (χ0n) is 16.6. The van der Waals surface area contributed by atoms with Crippen molar-refractivity contribution in [3.05, 3.63) is 51.5 Å². The van der Waals surface area contributed by atoms with E-state index in [9.17, 15) is 4.79 Å². The minimum atomic E-state index is 0.115. The molecule has 142 valence electrons. The van der Waals surface area contributed by atoms with Crippen molar-refractivity contribution in [3.8, 4) is 0 Å². The van der Waals surface area contributed by atoms with Crippen LogP contribution in [0.25, 0.3) is 0 Å². The van der Waals surface area contributed by atoms with Gasteiger partial charge in [0.2, 0.25) is 5.78 Å². The van der Waals surface area contributed by atoms with E-state index < -0.39 is 0 Å². The summed E-state index contributed by atoms with van der Waals surface area (Å²) in [5.74, 6) is 0.495. The summed E-state index contributed by atoms with van der Waals surface area (Å²) in [5.41, 5.74) is 2.83. The highest BCUT2D eigenvalue weighted by Gasteiger charge is 2.17. The van der Waals surface area contributed by atoms with Crippen LogP contribution in [-0.2, 0) is 6.42 Å². The van der Waals surface area contributed by atoms with Crippen molar-refractivity contribution in [2.45, 2.75) is 58.3 Å². The summed E-state index contributed by atoms with van der Waals surface area (Å²) < 4.78 is 0. The van der Waals surface area contributed by atoms with E-state index in [0.717, 1.165) is 41.2 Å². The van der Waals surface area contributed by atoms with Crippen LogP contribution >= 0.6 is 11.3 Å². The first-order valence-corrected chi connectivity index (χ1v) is 10.6. The van der Waals surface area contributed by atoms with Gasteiger partial charge in [-0.15, -0.1) is 11.3 Å². The van der Waals surface area contributed by atoms with Gasteiger partial charge in [0, 0.05) is 11.3 Å². The zero-order valence-corrected chi connectivity index (χ0v) is 17.4. The molecule has 0 N–H and O–H groups in total. The molecule has 26 heavy (non-hydrogen) atoms. The smallest absolute Gasteiger partial charge is 0.204 e. The van der Waals surface area contributed by atoms with Crippen molar-refractivity contribution < 1.29 is 4.79 Å². The minimum Gasteiger partial charge on any atom is -0.309 e. The molecular weight excluding hydrogens is 340 g/mol. The van der Waals surface area contributed by atoms with Gasteiger partial charge in [0.1, 0.15) is 0 Å². The third-order valence-corrected chi connectivity index (χ3v) is 5.46. The van der Waals surface area contributed by atoms with Gasteiger partial charge >= 0.3 is 0 Å². The van der Waals surface area contributed by atoms with E-state index in [1.165, 1.54) is 37.0 Å². The Bertz CT molecular complexity index is 677. The summed E-state index contributed by atoms with van der Waals surface area (Å²) in [4.78, 5) is 20.7. The molecule has 2 aromatic rings. The van der Waals surface area contributed by atoms with E-state index >= 15 is 0 Å². The number of carbonyl (C=O) groups excluding carboxylic acids is 1. The lowest BCUT2D eigenvalue weighted by Gasteiger charge is -2.12. The first-order chi connectivity index (χ1) is 12.5. The van der Waals surface area contributed by atoms with Gasteiger partial charge in [0.05, 0.1) is 10.6 Å². The predicted octanol–water partition coefficient (Wildman–Crippen LogP) is 5.55. The molecule has 3 nitrogen and oxygen atoms in total. The van der Waals surface area contributed by atoms with Crippen LogP contribution < -0.4 is 0 Å². The lowest BCUT2D eigenvalue weighted by molar-refractivity contribution is 0.104. The predicted molar refractivity (Wildman–Crippen MR) is 111 cm³/mol. The highest BCUT2D eigenvalue weighted by Crippen LogP contribution is 2.22. The second-order valence-electron chi connectivity index (χ2n) is 7.51. The topological polar surface area (TPSA) is 33.2 Å². The molecule has 0 spiro atoms. The Kier molecular flexibility index (Phi) is 8.46. The summed E-state index contributed by atoms with van der Waals surface area (Å²) in [5, 5.41) is 1.95. The average Bonchev–Trinajstić information content (AvgIpc) is 3.14. The number of hydrogen-bond acceptors (Lipinski definition) is 4. The molecule has 0 aliphatic carbocycles. The SMILES string of the molecule is CC(C)c1ccc(C(=O)c2cccs2)c(CCCCCCCN(C)C)n1. The van der Waals surface area contributed by atoms with Gasteiger partial charge in [-0.05, 0) is 69.4 Å². The average molecular weight is 373 g/mol. The first-order valence-electron chi connectivity index (χ1n) is 9.71. The van der Waals surface area contributed by atoms with Crippen LogP contribution in [0.5, 0.6) is 0 Å². The van der Waals surface area contributed by atoms with E-state index in [2.05, 4.69) is 32.8 Å². The third-order valence-electron chi connectivity index (χ3n) is 4.60. The number of aryl methyl sites for hydroxylation is 1. The maximum atomic E-state index is 12.8. The number of ketones is 1. The van der Waals surface area contributed by atoms with Gasteiger partial charge in [0.25, 0.3) is 0 Å². The standard InChI is InChI=1S/C22H32N2OS/c1-17(2)19-14-13-18(22(25)21-12-10-16-26-21)20(23-19)11-8-6-5-7-9-15-24(3)4/h10,12-14,16-17H,5-9,11,15H2,1-4H3. The summed E-state index contributed by atoms with van der Waals surface area (Å²) in [6.45, 7) is 5.46. The van der Waals surface area contributed by atoms with E-state index in [1.54, 1.807) is 0 Å². The molecule has 0 bridgehead atoms. The molecule has 2 heterocycles. The highest BCUT2D eigenvalue weighted by molar-refractivity contribution is 7.12. The number of thiophene rings is 1. The van der Waals surface area contributed by atoms with Crippen molar-refractivity contribution in [2.75, 3.05) is 20.6 Å². The minimum absolute atomic E-state index is 0.115. The van der Waals surface area contributed by atoms with Gasteiger partial charge in [0.15, 0.2) is 0 Å². The molecule has 0 unspecified atom stereocenters. The summed E-state index contributed by atoms with van der Waals surface area (Å²) in [6.07, 6.45) is 6.98. The second-order valence-corrected chi connectivity index (χ2v) is 8.46. The molecule has 0 radical (unpaired) electrons. The third kappa shape index (κ3) is 6.33. The van der Waals surface area contributed by atoms with Crippen molar-refractivity contribution in [1.82, 2.24) is 9.88 Å². The van der Waals surface area contributed by atoms with E-state index in [-0.39, 0.29) is 5.78 Å². The van der Waals surface area contributed by atoms with Crippen LogP contribution in [0.3, 0.4) is 0 Å². The van der Waals surface area contributed by atoms with Crippen molar-refractivity contribution in [1.29, 1.82) is 0 Å². The molecule has 0 saturated carbocycles. The lowest BCUT2D eigenvalue weighted by Crippen LogP contribution is -2.12. The van der Waals surface area contributed by atoms with Crippen LogP contribution in [0.15, 0.2) is 29.6 Å². The number of rotatable bonds is 11. The molecule has 0 aromatic carbocycles. The van der Waals surface area contributed by atoms with Gasteiger partial charge in [-0.25, -0.2) is 0 Å². The number of nitrogens with zero attached hydrogens (tertiary/aromatic N) is 2. The van der Waals surface area contributed by atoms with Crippen LogP contribution in [0.4, 0.5) is 0 Å². The molecule has 0 atom stereocenters. The Balaban J connectivity index is 1.98. The number of hydrogen-bond donors (Lipinski definition) is 0. The number of carbonyl (C=O) groups is 1. The van der Waals surface area contributed by atoms with Crippen LogP contribution in [0, 0.1) is 0 Å². The Morgan fingerprint density at radius 3 is 2.46 bits per heavy atom. The molecule has 2 aromatic heterocycles. The van der Waals surface area contributed by atoms with E-state index in [4.69, 9.17) is 4.98 Å². The normalized spacial score (nSPS) is 11.5. The van der Waals surface area contributed by atoms with E-state index in [0.29, 0.717) is 5.92 Å². The van der Waals surface area contributed by atoms with Crippen LogP contribution in [0.2, 0.25) is 0 Å². The Hall–Kier alpha value is -1.52. The first kappa shape index (κ1) is 20.8. The molecule has 0 aliphatic rings. The maximum absolute atomic E-state index is 12.8. The van der Waals surface area contributed by atoms with Crippen molar-refractivity contribution in [3.63, 3.8) is 0 Å². The summed E-state index contributed by atoms with van der Waals surface area (Å²) in [6, 6.07) is 7.83. The molecule has 4 heteroatoms. The summed E-state index contributed by atoms with van der Waals surface area (Å²) in [7, 11) is 4.25. The monoisotopic (exact) mass is 372 g/mol. The largest absolute Gasteiger partial charge is 0.309 e. The van der Waals surface area contributed by atoms with Crippen LogP contribution in [0.1, 0.15) is 78.5 Å². The van der Waals surface area contributed by atoms with Crippen molar-refractivity contribution >= 4 is 17.1 Å². The Morgan fingerprint density at radius 2 is 1.81 bits per heavy atom. The molecule has 0 saturated heterocycles. The van der Waals surface area contributed by atoms with Crippen LogP contribution in [-0.4, -0.2) is 36.3 Å². The maximum Gasteiger partial charge on any atom is 0.204 e. The highest BCUT2D eigenvalue weighted by atomic mass is 32.1. The molecule has 0 aliphatic heterocycles. The van der Waals surface area contributed by atoms with Gasteiger partial charge in [-0.3, -0.25) is 9.78 Å². The van der Waals surface area contributed by atoms with Gasteiger partial charge in [-0.1, -0.05) is 39.2 Å². The fourth-order valence-electron chi connectivity index (χ4n) is 3.03. The number of unbranched alkanes of at least 4 members (excludes halogenated alkanes) is 4. The fraction of sp³-hybridized carbons (Fsp3) is 0.545. The number of pyridine rings is 1. The van der Waals surface area contributed by atoms with E-state index in [1.807, 2.05) is 29.6 Å². The Labute approximate surface area is 162 Å².